The molecule has 1 N–H and O–H groups in total. The zero-order valence-corrected chi connectivity index (χ0v) is 20.8. The zero-order valence-electron chi connectivity index (χ0n) is 19.2. The van der Waals surface area contributed by atoms with Gasteiger partial charge in [0.15, 0.2) is 0 Å². The molecule has 0 aliphatic carbocycles. The Hall–Kier alpha value is -3.26. The Kier molecular flexibility index (Phi) is 7.42. The van der Waals surface area contributed by atoms with Crippen LogP contribution >= 0.6 is 0 Å². The first kappa shape index (κ1) is 26.8. The number of amides is 1. The molecule has 1 fully saturated rings. The van der Waals surface area contributed by atoms with Crippen LogP contribution in [0.2, 0.25) is 0 Å². The maximum atomic E-state index is 13.4. The molecule has 1 atom stereocenters. The average Bonchev–Trinajstić information content (AvgIpc) is 2.89. The molecule has 1 aliphatic rings. The number of rotatable bonds is 6. The number of sulfonamides is 2. The van der Waals surface area contributed by atoms with E-state index in [1.54, 1.807) is 12.1 Å². The van der Waals surface area contributed by atoms with E-state index in [4.69, 9.17) is 0 Å². The number of nitrogens with one attached hydrogen (secondary N) is 1. The van der Waals surface area contributed by atoms with Crippen LogP contribution in [-0.4, -0.2) is 57.0 Å². The largest absolute Gasteiger partial charge is 0.416 e. The molecule has 13 heteroatoms. The lowest BCUT2D eigenvalue weighted by Crippen LogP contribution is -2.60. The highest BCUT2D eigenvalue weighted by molar-refractivity contribution is 7.89. The van der Waals surface area contributed by atoms with Crippen LogP contribution in [0.1, 0.15) is 5.56 Å². The molecule has 0 radical (unpaired) electrons. The molecule has 0 bridgehead atoms. The van der Waals surface area contributed by atoms with Gasteiger partial charge in [0.05, 0.1) is 15.4 Å². The van der Waals surface area contributed by atoms with Crippen molar-refractivity contribution in [3.8, 4) is 0 Å². The molecular weight excluding hydrogens is 531 g/mol. The van der Waals surface area contributed by atoms with Crippen LogP contribution < -0.4 is 5.32 Å². The Morgan fingerprint density at radius 2 is 1.27 bits per heavy atom. The first-order chi connectivity index (χ1) is 17.4. The van der Waals surface area contributed by atoms with Crippen LogP contribution in [0.15, 0.2) is 94.7 Å². The van der Waals surface area contributed by atoms with Gasteiger partial charge < -0.3 is 5.32 Å². The second-order valence-corrected chi connectivity index (χ2v) is 12.0. The predicted octanol–water partition coefficient (Wildman–Crippen LogP) is 3.41. The van der Waals surface area contributed by atoms with Crippen molar-refractivity contribution in [2.75, 3.05) is 25.0 Å². The summed E-state index contributed by atoms with van der Waals surface area (Å²) >= 11 is 0. The molecule has 1 heterocycles. The third-order valence-electron chi connectivity index (χ3n) is 5.81. The number of nitrogens with zero attached hydrogens (tertiary/aromatic N) is 2. The zero-order chi connectivity index (χ0) is 26.8. The molecule has 1 aliphatic heterocycles. The summed E-state index contributed by atoms with van der Waals surface area (Å²) in [4.78, 5) is 13.2. The molecule has 0 spiro atoms. The highest BCUT2D eigenvalue weighted by Crippen LogP contribution is 2.30. The summed E-state index contributed by atoms with van der Waals surface area (Å²) in [5.41, 5.74) is -0.922. The molecule has 1 saturated heterocycles. The minimum atomic E-state index is -4.57. The van der Waals surface area contributed by atoms with Crippen LogP contribution in [0.5, 0.6) is 0 Å². The lowest BCUT2D eigenvalue weighted by Gasteiger charge is -2.38. The molecule has 1 unspecified atom stereocenters. The molecule has 37 heavy (non-hydrogen) atoms. The summed E-state index contributed by atoms with van der Waals surface area (Å²) in [5.74, 6) is -0.882. The van der Waals surface area contributed by atoms with Gasteiger partial charge in [0.1, 0.15) is 6.04 Å². The van der Waals surface area contributed by atoms with Crippen molar-refractivity contribution in [1.82, 2.24) is 8.61 Å². The van der Waals surface area contributed by atoms with Crippen molar-refractivity contribution in [1.29, 1.82) is 0 Å². The Morgan fingerprint density at radius 3 is 1.78 bits per heavy atom. The number of carbonyl (C=O) groups excluding carboxylic acids is 1. The van der Waals surface area contributed by atoms with Crippen molar-refractivity contribution >= 4 is 31.6 Å². The van der Waals surface area contributed by atoms with Gasteiger partial charge in [-0.2, -0.15) is 21.8 Å². The smallest absolute Gasteiger partial charge is 0.325 e. The van der Waals surface area contributed by atoms with Gasteiger partial charge in [0, 0.05) is 25.3 Å². The summed E-state index contributed by atoms with van der Waals surface area (Å²) in [7, 11) is -8.26. The second-order valence-electron chi connectivity index (χ2n) is 8.19. The summed E-state index contributed by atoms with van der Waals surface area (Å²) in [6.07, 6.45) is -4.57. The van der Waals surface area contributed by atoms with Crippen molar-refractivity contribution in [2.24, 2.45) is 0 Å². The van der Waals surface area contributed by atoms with Crippen LogP contribution in [0.3, 0.4) is 0 Å². The fourth-order valence-corrected chi connectivity index (χ4v) is 6.95. The van der Waals surface area contributed by atoms with Crippen LogP contribution in [0, 0.1) is 0 Å². The maximum absolute atomic E-state index is 13.4. The molecular formula is C24H22F3N3O5S2. The predicted molar refractivity (Wildman–Crippen MR) is 129 cm³/mol. The normalized spacial score (nSPS) is 17.9. The number of anilines is 1. The quantitative estimate of drug-likeness (QED) is 0.504. The van der Waals surface area contributed by atoms with Gasteiger partial charge in [-0.05, 0) is 48.5 Å². The van der Waals surface area contributed by atoms with E-state index >= 15 is 0 Å². The third-order valence-corrected chi connectivity index (χ3v) is 9.61. The summed E-state index contributed by atoms with van der Waals surface area (Å²) in [6.45, 7) is -1.00. The third kappa shape index (κ3) is 5.69. The Balaban J connectivity index is 1.66. The molecule has 3 aromatic rings. The number of alkyl halides is 3. The van der Waals surface area contributed by atoms with E-state index in [0.29, 0.717) is 0 Å². The van der Waals surface area contributed by atoms with Gasteiger partial charge in [-0.1, -0.05) is 36.4 Å². The van der Waals surface area contributed by atoms with E-state index in [1.165, 1.54) is 48.5 Å². The highest BCUT2D eigenvalue weighted by Gasteiger charge is 2.43. The Bertz CT molecular complexity index is 1470. The number of benzene rings is 3. The molecule has 1 amide bonds. The maximum Gasteiger partial charge on any atom is 0.416 e. The standard InChI is InChI=1S/C24H22F3N3O5S2/c25-24(26,27)18-11-13-19(14-12-18)28-23(31)22-17-29(36(32,33)20-7-3-1-4-8-20)15-16-30(22)37(34,35)21-9-5-2-6-10-21/h1-14,22H,15-17H2,(H,28,31). The average molecular weight is 554 g/mol. The van der Waals surface area contributed by atoms with Gasteiger partial charge in [-0.3, -0.25) is 4.79 Å². The van der Waals surface area contributed by atoms with Crippen molar-refractivity contribution in [2.45, 2.75) is 22.0 Å². The van der Waals surface area contributed by atoms with Gasteiger partial charge in [0.25, 0.3) is 0 Å². The van der Waals surface area contributed by atoms with Crippen molar-refractivity contribution < 1.29 is 34.8 Å². The number of hydrogen-bond donors (Lipinski definition) is 1. The minimum Gasteiger partial charge on any atom is -0.325 e. The molecule has 0 saturated carbocycles. The summed E-state index contributed by atoms with van der Waals surface area (Å²) in [6, 6.07) is 17.0. The van der Waals surface area contributed by atoms with Gasteiger partial charge in [-0.25, -0.2) is 16.8 Å². The second kappa shape index (κ2) is 10.2. The molecule has 4 rings (SSSR count). The summed E-state index contributed by atoms with van der Waals surface area (Å²) < 4.78 is 93.8. The molecule has 0 aromatic heterocycles. The van der Waals surface area contributed by atoms with E-state index in [2.05, 4.69) is 5.32 Å². The minimum absolute atomic E-state index is 0.00176. The highest BCUT2D eigenvalue weighted by atomic mass is 32.2. The van der Waals surface area contributed by atoms with Crippen molar-refractivity contribution in [3.63, 3.8) is 0 Å². The Labute approximate surface area is 212 Å². The molecule has 196 valence electrons. The fourth-order valence-electron chi connectivity index (χ4n) is 3.90. The van der Waals surface area contributed by atoms with Crippen LogP contribution in [-0.2, 0) is 31.0 Å². The van der Waals surface area contributed by atoms with Gasteiger partial charge >= 0.3 is 6.18 Å². The number of hydrogen-bond acceptors (Lipinski definition) is 5. The van der Waals surface area contributed by atoms with Gasteiger partial charge in [0.2, 0.25) is 26.0 Å². The van der Waals surface area contributed by atoms with E-state index < -0.39 is 50.3 Å². The topological polar surface area (TPSA) is 104 Å². The Morgan fingerprint density at radius 1 is 0.757 bits per heavy atom. The van der Waals surface area contributed by atoms with E-state index in [9.17, 15) is 34.8 Å². The van der Waals surface area contributed by atoms with E-state index in [0.717, 1.165) is 32.9 Å². The molecule has 8 nitrogen and oxygen atoms in total. The van der Waals surface area contributed by atoms with E-state index in [-0.39, 0.29) is 28.6 Å². The fraction of sp³-hybridized carbons (Fsp3) is 0.208. The first-order valence-electron chi connectivity index (χ1n) is 11.0. The van der Waals surface area contributed by atoms with Gasteiger partial charge in [-0.15, -0.1) is 0 Å². The number of carbonyl (C=O) groups is 1. The lowest BCUT2D eigenvalue weighted by atomic mass is 10.2. The molecule has 3 aromatic carbocycles. The first-order valence-corrected chi connectivity index (χ1v) is 13.9. The van der Waals surface area contributed by atoms with Crippen LogP contribution in [0.4, 0.5) is 18.9 Å². The number of piperazine rings is 1. The van der Waals surface area contributed by atoms with Crippen LogP contribution in [0.25, 0.3) is 0 Å². The number of halogens is 3. The lowest BCUT2D eigenvalue weighted by molar-refractivity contribution is -0.137. The monoisotopic (exact) mass is 553 g/mol. The van der Waals surface area contributed by atoms with E-state index in [1.807, 2.05) is 0 Å². The summed E-state index contributed by atoms with van der Waals surface area (Å²) in [5, 5.41) is 2.42. The SMILES string of the molecule is O=C(Nc1ccc(C(F)(F)F)cc1)C1CN(S(=O)(=O)c2ccccc2)CCN1S(=O)(=O)c1ccccc1. The van der Waals surface area contributed by atoms with Crippen molar-refractivity contribution in [3.05, 3.63) is 90.5 Å².